The Morgan fingerprint density at radius 3 is 2.52 bits per heavy atom. The van der Waals surface area contributed by atoms with Crippen LogP contribution in [0.4, 0.5) is 11.4 Å². The lowest BCUT2D eigenvalue weighted by atomic mass is 10.1. The maximum absolute atomic E-state index is 12.8. The Kier molecular flexibility index (Phi) is 5.03. The molecule has 3 rings (SSSR count). The Morgan fingerprint density at radius 1 is 1.19 bits per heavy atom. The van der Waals surface area contributed by atoms with Crippen LogP contribution in [0.3, 0.4) is 0 Å². The molecule has 0 unspecified atom stereocenters. The summed E-state index contributed by atoms with van der Waals surface area (Å²) in [6.45, 7) is 3.69. The van der Waals surface area contributed by atoms with Gasteiger partial charge in [-0.25, -0.2) is 9.67 Å². The average Bonchev–Trinajstić information content (AvgIpc) is 2.89. The molecule has 0 aliphatic carbocycles. The standard InChI is InChI=1S/C20H20N4O3/c1-4-16-11-10-15(12-18(16)24(26)27)13-21-19-14(2)22(3)23(20(19)25)17-8-6-5-7-9-17/h5-13H,4H2,1-3H3. The quantitative estimate of drug-likeness (QED) is 0.393. The van der Waals surface area contributed by atoms with E-state index in [0.717, 1.165) is 5.69 Å². The van der Waals surface area contributed by atoms with E-state index in [1.165, 1.54) is 12.3 Å². The van der Waals surface area contributed by atoms with Crippen molar-refractivity contribution in [2.24, 2.45) is 12.0 Å². The molecule has 0 saturated carbocycles. The van der Waals surface area contributed by atoms with Gasteiger partial charge in [-0.15, -0.1) is 0 Å². The Labute approximate surface area is 156 Å². The van der Waals surface area contributed by atoms with Crippen molar-refractivity contribution in [1.29, 1.82) is 0 Å². The number of para-hydroxylation sites is 1. The molecule has 1 heterocycles. The molecule has 0 aliphatic rings. The van der Waals surface area contributed by atoms with E-state index in [4.69, 9.17) is 0 Å². The molecule has 27 heavy (non-hydrogen) atoms. The summed E-state index contributed by atoms with van der Waals surface area (Å²) in [5.74, 6) is 0. The van der Waals surface area contributed by atoms with Crippen molar-refractivity contribution in [3.63, 3.8) is 0 Å². The van der Waals surface area contributed by atoms with E-state index in [9.17, 15) is 14.9 Å². The van der Waals surface area contributed by atoms with Crippen LogP contribution in [0.15, 0.2) is 58.3 Å². The van der Waals surface area contributed by atoms with Crippen LogP contribution in [0.5, 0.6) is 0 Å². The molecule has 1 aromatic heterocycles. The second kappa shape index (κ2) is 7.41. The molecular weight excluding hydrogens is 344 g/mol. The zero-order valence-electron chi connectivity index (χ0n) is 15.4. The van der Waals surface area contributed by atoms with Gasteiger partial charge in [0.1, 0.15) is 0 Å². The summed E-state index contributed by atoms with van der Waals surface area (Å²) in [7, 11) is 1.80. The first kappa shape index (κ1) is 18.3. The van der Waals surface area contributed by atoms with Crippen LogP contribution >= 0.6 is 0 Å². The monoisotopic (exact) mass is 364 g/mol. The van der Waals surface area contributed by atoms with Crippen molar-refractivity contribution in [3.05, 3.63) is 85.8 Å². The Bertz CT molecular complexity index is 1080. The maximum Gasteiger partial charge on any atom is 0.297 e. The number of aromatic nitrogens is 2. The zero-order chi connectivity index (χ0) is 19.6. The van der Waals surface area contributed by atoms with Crippen molar-refractivity contribution in [1.82, 2.24) is 9.36 Å². The fraction of sp³-hybridized carbons (Fsp3) is 0.200. The first-order valence-corrected chi connectivity index (χ1v) is 8.59. The van der Waals surface area contributed by atoms with Gasteiger partial charge in [0.15, 0.2) is 5.69 Å². The smallest absolute Gasteiger partial charge is 0.283 e. The highest BCUT2D eigenvalue weighted by Gasteiger charge is 2.16. The number of hydrogen-bond acceptors (Lipinski definition) is 4. The van der Waals surface area contributed by atoms with Crippen LogP contribution in [0.1, 0.15) is 23.7 Å². The number of nitro groups is 1. The van der Waals surface area contributed by atoms with Gasteiger partial charge < -0.3 is 0 Å². The highest BCUT2D eigenvalue weighted by atomic mass is 16.6. The second-order valence-corrected chi connectivity index (χ2v) is 6.17. The molecule has 7 heteroatoms. The summed E-state index contributed by atoms with van der Waals surface area (Å²) in [6, 6.07) is 14.3. The number of rotatable bonds is 5. The maximum atomic E-state index is 12.8. The molecule has 0 spiro atoms. The van der Waals surface area contributed by atoms with Crippen LogP contribution in [0.25, 0.3) is 5.69 Å². The third kappa shape index (κ3) is 3.44. The predicted octanol–water partition coefficient (Wildman–Crippen LogP) is 3.71. The van der Waals surface area contributed by atoms with E-state index in [-0.39, 0.29) is 11.2 Å². The fourth-order valence-corrected chi connectivity index (χ4v) is 2.97. The number of aliphatic imine (C=N–C) groups is 1. The Hall–Kier alpha value is -3.48. The molecule has 0 fully saturated rings. The molecule has 3 aromatic rings. The van der Waals surface area contributed by atoms with Gasteiger partial charge >= 0.3 is 0 Å². The molecule has 0 saturated heterocycles. The Morgan fingerprint density at radius 2 is 1.89 bits per heavy atom. The van der Waals surface area contributed by atoms with E-state index >= 15 is 0 Å². The van der Waals surface area contributed by atoms with Crippen molar-refractivity contribution < 1.29 is 4.92 Å². The van der Waals surface area contributed by atoms with Crippen LogP contribution in [0, 0.1) is 17.0 Å². The minimum Gasteiger partial charge on any atom is -0.283 e. The Balaban J connectivity index is 2.03. The molecule has 138 valence electrons. The summed E-state index contributed by atoms with van der Waals surface area (Å²) < 4.78 is 3.29. The SMILES string of the molecule is CCc1ccc(C=Nc2c(C)n(C)n(-c3ccccc3)c2=O)cc1[N+](=O)[O-]. The normalized spacial score (nSPS) is 11.2. The topological polar surface area (TPSA) is 82.4 Å². The van der Waals surface area contributed by atoms with Gasteiger partial charge in [-0.1, -0.05) is 37.3 Å². The van der Waals surface area contributed by atoms with E-state index in [0.29, 0.717) is 28.9 Å². The van der Waals surface area contributed by atoms with Gasteiger partial charge in [-0.05, 0) is 31.0 Å². The van der Waals surface area contributed by atoms with Crippen molar-refractivity contribution in [2.75, 3.05) is 0 Å². The van der Waals surface area contributed by atoms with E-state index < -0.39 is 4.92 Å². The zero-order valence-corrected chi connectivity index (χ0v) is 15.4. The molecule has 0 atom stereocenters. The number of hydrogen-bond donors (Lipinski definition) is 0. The largest absolute Gasteiger partial charge is 0.297 e. The molecule has 0 radical (unpaired) electrons. The minimum atomic E-state index is -0.396. The molecule has 0 N–H and O–H groups in total. The molecule has 0 amide bonds. The molecular formula is C20H20N4O3. The van der Waals surface area contributed by atoms with E-state index in [1.54, 1.807) is 28.5 Å². The highest BCUT2D eigenvalue weighted by molar-refractivity contribution is 5.83. The summed E-state index contributed by atoms with van der Waals surface area (Å²) >= 11 is 0. The van der Waals surface area contributed by atoms with Crippen LogP contribution in [-0.2, 0) is 13.5 Å². The lowest BCUT2D eigenvalue weighted by Crippen LogP contribution is -2.19. The van der Waals surface area contributed by atoms with Gasteiger partial charge in [0.2, 0.25) is 0 Å². The number of nitrogens with zero attached hydrogens (tertiary/aromatic N) is 4. The van der Waals surface area contributed by atoms with E-state index in [1.807, 2.05) is 44.2 Å². The molecule has 2 aromatic carbocycles. The van der Waals surface area contributed by atoms with Crippen molar-refractivity contribution in [2.45, 2.75) is 20.3 Å². The summed E-state index contributed by atoms with van der Waals surface area (Å²) in [5.41, 5.74) is 2.83. The number of nitro benzene ring substituents is 1. The number of benzene rings is 2. The van der Waals surface area contributed by atoms with Crippen molar-refractivity contribution >= 4 is 17.6 Å². The van der Waals surface area contributed by atoms with Crippen LogP contribution < -0.4 is 5.56 Å². The highest BCUT2D eigenvalue weighted by Crippen LogP contribution is 2.21. The van der Waals surface area contributed by atoms with E-state index in [2.05, 4.69) is 4.99 Å². The first-order valence-electron chi connectivity index (χ1n) is 8.59. The van der Waals surface area contributed by atoms with Crippen LogP contribution in [-0.4, -0.2) is 20.5 Å². The van der Waals surface area contributed by atoms with Gasteiger partial charge in [-0.3, -0.25) is 19.6 Å². The molecule has 0 aliphatic heterocycles. The summed E-state index contributed by atoms with van der Waals surface area (Å²) in [6.07, 6.45) is 2.07. The lowest BCUT2D eigenvalue weighted by molar-refractivity contribution is -0.385. The van der Waals surface area contributed by atoms with Gasteiger partial charge in [0.25, 0.3) is 11.2 Å². The lowest BCUT2D eigenvalue weighted by Gasteiger charge is -2.07. The predicted molar refractivity (Wildman–Crippen MR) is 105 cm³/mol. The molecule has 7 nitrogen and oxygen atoms in total. The average molecular weight is 364 g/mol. The van der Waals surface area contributed by atoms with Crippen LogP contribution in [0.2, 0.25) is 0 Å². The minimum absolute atomic E-state index is 0.0629. The van der Waals surface area contributed by atoms with Gasteiger partial charge in [0.05, 0.1) is 16.3 Å². The molecule has 0 bridgehead atoms. The third-order valence-electron chi connectivity index (χ3n) is 4.55. The summed E-state index contributed by atoms with van der Waals surface area (Å²) in [5, 5.41) is 11.2. The summed E-state index contributed by atoms with van der Waals surface area (Å²) in [4.78, 5) is 28.0. The fourth-order valence-electron chi connectivity index (χ4n) is 2.97. The first-order chi connectivity index (χ1) is 12.9. The second-order valence-electron chi connectivity index (χ2n) is 6.17. The van der Waals surface area contributed by atoms with Gasteiger partial charge in [0, 0.05) is 24.9 Å². The van der Waals surface area contributed by atoms with Crippen molar-refractivity contribution in [3.8, 4) is 5.69 Å². The van der Waals surface area contributed by atoms with Gasteiger partial charge in [-0.2, -0.15) is 0 Å². The third-order valence-corrected chi connectivity index (χ3v) is 4.55. The number of aryl methyl sites for hydroxylation is 1.